The highest BCUT2D eigenvalue weighted by molar-refractivity contribution is 7.11. The number of likely N-dealkylation sites (tertiary alicyclic amines) is 1. The minimum Gasteiger partial charge on any atom is -0.312 e. The highest BCUT2D eigenvalue weighted by Crippen LogP contribution is 2.35. The number of para-hydroxylation sites is 1. The summed E-state index contributed by atoms with van der Waals surface area (Å²) in [5, 5.41) is 0. The number of thiophene rings is 1. The molecule has 4 heteroatoms. The molecule has 0 unspecified atom stereocenters. The van der Waals surface area contributed by atoms with Crippen LogP contribution in [0, 0.1) is 18.8 Å². The molecule has 3 heterocycles. The van der Waals surface area contributed by atoms with Gasteiger partial charge in [0.05, 0.1) is 5.92 Å². The fraction of sp³-hybridized carbons (Fsp3) is 0.389. The van der Waals surface area contributed by atoms with E-state index in [-0.39, 0.29) is 5.92 Å². The average Bonchev–Trinajstić information content (AvgIpc) is 3.18. The molecule has 1 aromatic carbocycles. The zero-order valence-electron chi connectivity index (χ0n) is 12.7. The molecule has 0 saturated carbocycles. The quantitative estimate of drug-likeness (QED) is 0.869. The standard InChI is InChI=1S/C18H20N2OS/c1-13-7-8-16(22-13)11-19-9-14-10-20(18(21)17(14)12-19)15-5-3-2-4-6-15/h2-8,14,17H,9-12H2,1H3/t14-,17+/m1/s1. The summed E-state index contributed by atoms with van der Waals surface area (Å²) in [6, 6.07) is 14.5. The van der Waals surface area contributed by atoms with Crippen LogP contribution < -0.4 is 4.90 Å². The SMILES string of the molecule is Cc1ccc(CN2C[C@@H]3CN(c4ccccc4)C(=O)[C@H]3C2)s1. The Balaban J connectivity index is 1.44. The van der Waals surface area contributed by atoms with Crippen LogP contribution in [0.5, 0.6) is 0 Å². The second kappa shape index (κ2) is 5.52. The first kappa shape index (κ1) is 14.0. The van der Waals surface area contributed by atoms with Crippen molar-refractivity contribution < 1.29 is 4.79 Å². The van der Waals surface area contributed by atoms with Crippen LogP contribution in [-0.4, -0.2) is 30.4 Å². The van der Waals surface area contributed by atoms with Gasteiger partial charge < -0.3 is 4.90 Å². The summed E-state index contributed by atoms with van der Waals surface area (Å²) >= 11 is 1.86. The molecule has 0 N–H and O–H groups in total. The van der Waals surface area contributed by atoms with E-state index in [1.54, 1.807) is 0 Å². The molecule has 0 bridgehead atoms. The van der Waals surface area contributed by atoms with Gasteiger partial charge in [-0.2, -0.15) is 0 Å². The van der Waals surface area contributed by atoms with Gasteiger partial charge in [-0.25, -0.2) is 0 Å². The third-order valence-electron chi connectivity index (χ3n) is 4.76. The highest BCUT2D eigenvalue weighted by Gasteiger charge is 2.46. The van der Waals surface area contributed by atoms with Gasteiger partial charge in [-0.05, 0) is 31.2 Å². The minimum atomic E-state index is 0.182. The van der Waals surface area contributed by atoms with Gasteiger partial charge in [0, 0.05) is 47.5 Å². The maximum absolute atomic E-state index is 12.7. The first-order chi connectivity index (χ1) is 10.7. The molecule has 2 saturated heterocycles. The Kier molecular flexibility index (Phi) is 3.51. The number of carbonyl (C=O) groups is 1. The van der Waals surface area contributed by atoms with Crippen molar-refractivity contribution in [2.75, 3.05) is 24.5 Å². The number of nitrogens with zero attached hydrogens (tertiary/aromatic N) is 2. The van der Waals surface area contributed by atoms with Gasteiger partial charge in [0.25, 0.3) is 0 Å². The van der Waals surface area contributed by atoms with Crippen LogP contribution in [0.4, 0.5) is 5.69 Å². The van der Waals surface area contributed by atoms with Crippen molar-refractivity contribution in [2.45, 2.75) is 13.5 Å². The molecule has 0 aliphatic carbocycles. The number of hydrogen-bond donors (Lipinski definition) is 0. The van der Waals surface area contributed by atoms with E-state index >= 15 is 0 Å². The second-order valence-electron chi connectivity index (χ2n) is 6.36. The number of benzene rings is 1. The van der Waals surface area contributed by atoms with E-state index in [2.05, 4.69) is 24.0 Å². The summed E-state index contributed by atoms with van der Waals surface area (Å²) in [6.07, 6.45) is 0. The molecule has 22 heavy (non-hydrogen) atoms. The van der Waals surface area contributed by atoms with Gasteiger partial charge in [0.1, 0.15) is 0 Å². The molecular weight excluding hydrogens is 292 g/mol. The average molecular weight is 312 g/mol. The third kappa shape index (κ3) is 2.46. The van der Waals surface area contributed by atoms with Crippen LogP contribution in [-0.2, 0) is 11.3 Å². The van der Waals surface area contributed by atoms with E-state index in [9.17, 15) is 4.79 Å². The molecular formula is C18H20N2OS. The number of amides is 1. The molecule has 4 rings (SSSR count). The van der Waals surface area contributed by atoms with Crippen molar-refractivity contribution >= 4 is 22.9 Å². The van der Waals surface area contributed by atoms with Crippen molar-refractivity contribution in [1.29, 1.82) is 0 Å². The molecule has 2 aliphatic rings. The molecule has 1 amide bonds. The maximum Gasteiger partial charge on any atom is 0.231 e. The van der Waals surface area contributed by atoms with Crippen LogP contribution in [0.2, 0.25) is 0 Å². The van der Waals surface area contributed by atoms with E-state index in [0.717, 1.165) is 31.9 Å². The largest absolute Gasteiger partial charge is 0.312 e. The Hall–Kier alpha value is -1.65. The fourth-order valence-electron chi connectivity index (χ4n) is 3.71. The Bertz CT molecular complexity index is 681. The van der Waals surface area contributed by atoms with Crippen molar-refractivity contribution in [3.63, 3.8) is 0 Å². The molecule has 0 spiro atoms. The number of aryl methyl sites for hydroxylation is 1. The first-order valence-corrected chi connectivity index (χ1v) is 8.66. The lowest BCUT2D eigenvalue weighted by atomic mass is 10.0. The molecule has 114 valence electrons. The van der Waals surface area contributed by atoms with Gasteiger partial charge in [-0.3, -0.25) is 9.69 Å². The van der Waals surface area contributed by atoms with E-state index in [1.807, 2.05) is 46.6 Å². The van der Waals surface area contributed by atoms with Gasteiger partial charge in [-0.1, -0.05) is 18.2 Å². The lowest BCUT2D eigenvalue weighted by molar-refractivity contribution is -0.120. The zero-order chi connectivity index (χ0) is 15.1. The Labute approximate surface area is 135 Å². The summed E-state index contributed by atoms with van der Waals surface area (Å²) in [5.41, 5.74) is 1.04. The lowest BCUT2D eigenvalue weighted by Gasteiger charge is -2.21. The number of anilines is 1. The topological polar surface area (TPSA) is 23.6 Å². The Morgan fingerprint density at radius 2 is 1.91 bits per heavy atom. The number of carbonyl (C=O) groups excluding carboxylic acids is 1. The van der Waals surface area contributed by atoms with Crippen LogP contribution in [0.15, 0.2) is 42.5 Å². The van der Waals surface area contributed by atoms with E-state index in [0.29, 0.717) is 11.8 Å². The van der Waals surface area contributed by atoms with E-state index in [1.165, 1.54) is 9.75 Å². The van der Waals surface area contributed by atoms with E-state index in [4.69, 9.17) is 0 Å². The van der Waals surface area contributed by atoms with Crippen molar-refractivity contribution in [2.24, 2.45) is 11.8 Å². The smallest absolute Gasteiger partial charge is 0.231 e. The number of hydrogen-bond acceptors (Lipinski definition) is 3. The van der Waals surface area contributed by atoms with Gasteiger partial charge >= 0.3 is 0 Å². The second-order valence-corrected chi connectivity index (χ2v) is 7.73. The van der Waals surface area contributed by atoms with Crippen molar-refractivity contribution in [1.82, 2.24) is 4.90 Å². The maximum atomic E-state index is 12.7. The van der Waals surface area contributed by atoms with Crippen LogP contribution >= 0.6 is 11.3 Å². The molecule has 3 nitrogen and oxygen atoms in total. The Morgan fingerprint density at radius 1 is 1.09 bits per heavy atom. The predicted molar refractivity (Wildman–Crippen MR) is 90.1 cm³/mol. The molecule has 2 fully saturated rings. The summed E-state index contributed by atoms with van der Waals surface area (Å²) in [7, 11) is 0. The third-order valence-corrected chi connectivity index (χ3v) is 5.75. The van der Waals surface area contributed by atoms with Gasteiger partial charge in [-0.15, -0.1) is 11.3 Å². The summed E-state index contributed by atoms with van der Waals surface area (Å²) in [5.74, 6) is 0.969. The lowest BCUT2D eigenvalue weighted by Crippen LogP contribution is -2.32. The van der Waals surface area contributed by atoms with Gasteiger partial charge in [0.15, 0.2) is 0 Å². The summed E-state index contributed by atoms with van der Waals surface area (Å²) in [6.45, 7) is 5.95. The predicted octanol–water partition coefficient (Wildman–Crippen LogP) is 3.15. The van der Waals surface area contributed by atoms with Crippen LogP contribution in [0.25, 0.3) is 0 Å². The molecule has 0 radical (unpaired) electrons. The highest BCUT2D eigenvalue weighted by atomic mass is 32.1. The van der Waals surface area contributed by atoms with Gasteiger partial charge in [0.2, 0.25) is 5.91 Å². The van der Waals surface area contributed by atoms with E-state index < -0.39 is 0 Å². The fourth-order valence-corrected chi connectivity index (χ4v) is 4.64. The summed E-state index contributed by atoms with van der Waals surface area (Å²) in [4.78, 5) is 19.9. The normalized spacial score (nSPS) is 25.0. The molecule has 2 aromatic rings. The number of fused-ring (bicyclic) bond motifs is 1. The zero-order valence-corrected chi connectivity index (χ0v) is 13.6. The molecule has 2 aliphatic heterocycles. The van der Waals surface area contributed by atoms with Crippen LogP contribution in [0.3, 0.4) is 0 Å². The first-order valence-electron chi connectivity index (χ1n) is 7.85. The minimum absolute atomic E-state index is 0.182. The summed E-state index contributed by atoms with van der Waals surface area (Å²) < 4.78 is 0. The van der Waals surface area contributed by atoms with Crippen molar-refractivity contribution in [3.05, 3.63) is 52.2 Å². The van der Waals surface area contributed by atoms with Crippen molar-refractivity contribution in [3.8, 4) is 0 Å². The van der Waals surface area contributed by atoms with Crippen LogP contribution in [0.1, 0.15) is 9.75 Å². The Morgan fingerprint density at radius 3 is 2.59 bits per heavy atom. The number of rotatable bonds is 3. The molecule has 2 atom stereocenters. The monoisotopic (exact) mass is 312 g/mol. The molecule has 1 aromatic heterocycles.